The van der Waals surface area contributed by atoms with E-state index in [0.29, 0.717) is 35.6 Å². The minimum atomic E-state index is -3.79. The molecule has 8 nitrogen and oxygen atoms in total. The predicted octanol–water partition coefficient (Wildman–Crippen LogP) is 3.41. The molecule has 0 aliphatic rings. The first-order chi connectivity index (χ1) is 15.7. The van der Waals surface area contributed by atoms with Gasteiger partial charge in [0.05, 0.1) is 10.6 Å². The molecule has 0 saturated carbocycles. The second kappa shape index (κ2) is 9.16. The van der Waals surface area contributed by atoms with Crippen LogP contribution in [0.25, 0.3) is 4.96 Å². The van der Waals surface area contributed by atoms with Crippen LogP contribution in [0.1, 0.15) is 34.2 Å². The Hall–Kier alpha value is -3.50. The average molecular weight is 483 g/mol. The van der Waals surface area contributed by atoms with Gasteiger partial charge in [-0.1, -0.05) is 12.1 Å². The number of nitrogens with one attached hydrogen (secondary N) is 2. The van der Waals surface area contributed by atoms with E-state index in [1.807, 2.05) is 5.38 Å². The maximum absolute atomic E-state index is 13.0. The number of amides is 1. The molecule has 10 heteroatoms. The SMILES string of the molecule is CC(=O)NCCc1ccc(S(=O)(=O)Nc2ccc(C(=O)c3c(C)nc4sccn34)cc2)cc1. The van der Waals surface area contributed by atoms with Crippen molar-refractivity contribution in [3.63, 3.8) is 0 Å². The number of hydrogen-bond donors (Lipinski definition) is 2. The number of thiazole rings is 1. The maximum atomic E-state index is 13.0. The third kappa shape index (κ3) is 4.96. The number of carbonyl (C=O) groups is 2. The van der Waals surface area contributed by atoms with Crippen molar-refractivity contribution in [2.75, 3.05) is 11.3 Å². The summed E-state index contributed by atoms with van der Waals surface area (Å²) >= 11 is 1.45. The molecule has 0 aliphatic carbocycles. The molecule has 2 aromatic heterocycles. The summed E-state index contributed by atoms with van der Waals surface area (Å²) in [5.41, 5.74) is 2.86. The highest BCUT2D eigenvalue weighted by Gasteiger charge is 2.19. The zero-order valence-corrected chi connectivity index (χ0v) is 19.7. The zero-order valence-electron chi connectivity index (χ0n) is 18.0. The van der Waals surface area contributed by atoms with Gasteiger partial charge in [0.25, 0.3) is 10.0 Å². The number of carbonyl (C=O) groups excluding carboxylic acids is 2. The van der Waals surface area contributed by atoms with Gasteiger partial charge in [0.1, 0.15) is 5.69 Å². The fourth-order valence-corrected chi connectivity index (χ4v) is 5.24. The first kappa shape index (κ1) is 22.7. The molecule has 0 spiro atoms. The fourth-order valence-electron chi connectivity index (χ4n) is 3.43. The van der Waals surface area contributed by atoms with Crippen LogP contribution in [0.5, 0.6) is 0 Å². The molecule has 33 heavy (non-hydrogen) atoms. The van der Waals surface area contributed by atoms with Gasteiger partial charge in [0, 0.05) is 36.3 Å². The lowest BCUT2D eigenvalue weighted by molar-refractivity contribution is -0.118. The van der Waals surface area contributed by atoms with Gasteiger partial charge in [-0.15, -0.1) is 11.3 Å². The summed E-state index contributed by atoms with van der Waals surface area (Å²) in [5, 5.41) is 4.57. The second-order valence-electron chi connectivity index (χ2n) is 7.49. The largest absolute Gasteiger partial charge is 0.356 e. The monoisotopic (exact) mass is 482 g/mol. The molecule has 0 saturated heterocycles. The first-order valence-corrected chi connectivity index (χ1v) is 12.5. The maximum Gasteiger partial charge on any atom is 0.261 e. The van der Waals surface area contributed by atoms with E-state index in [9.17, 15) is 18.0 Å². The topological polar surface area (TPSA) is 110 Å². The second-order valence-corrected chi connectivity index (χ2v) is 10.0. The summed E-state index contributed by atoms with van der Waals surface area (Å²) in [6, 6.07) is 12.8. The van der Waals surface area contributed by atoms with Crippen molar-refractivity contribution in [2.45, 2.75) is 25.2 Å². The van der Waals surface area contributed by atoms with Crippen LogP contribution >= 0.6 is 11.3 Å². The Kier molecular flexibility index (Phi) is 6.30. The fraction of sp³-hybridized carbons (Fsp3) is 0.174. The number of rotatable bonds is 8. The molecule has 2 aromatic carbocycles. The number of imidazole rings is 1. The van der Waals surface area contributed by atoms with Gasteiger partial charge in [-0.3, -0.25) is 18.7 Å². The molecule has 2 N–H and O–H groups in total. The van der Waals surface area contributed by atoms with Gasteiger partial charge in [-0.05, 0) is 55.3 Å². The van der Waals surface area contributed by atoms with Crippen molar-refractivity contribution in [3.8, 4) is 0 Å². The van der Waals surface area contributed by atoms with Crippen LogP contribution in [0.4, 0.5) is 5.69 Å². The van der Waals surface area contributed by atoms with Crippen LogP contribution in [-0.2, 0) is 21.2 Å². The molecule has 0 bridgehead atoms. The molecule has 4 aromatic rings. The molecule has 0 aliphatic heterocycles. The van der Waals surface area contributed by atoms with Gasteiger partial charge >= 0.3 is 0 Å². The lowest BCUT2D eigenvalue weighted by atomic mass is 10.1. The van der Waals surface area contributed by atoms with Gasteiger partial charge in [-0.25, -0.2) is 13.4 Å². The third-order valence-corrected chi connectivity index (χ3v) is 7.23. The molecule has 0 atom stereocenters. The van der Waals surface area contributed by atoms with Gasteiger partial charge in [0.15, 0.2) is 4.96 Å². The van der Waals surface area contributed by atoms with E-state index in [-0.39, 0.29) is 16.6 Å². The number of aryl methyl sites for hydroxylation is 1. The van der Waals surface area contributed by atoms with E-state index in [2.05, 4.69) is 15.0 Å². The average Bonchev–Trinajstić information content (AvgIpc) is 3.34. The first-order valence-electron chi connectivity index (χ1n) is 10.2. The van der Waals surface area contributed by atoms with Crippen molar-refractivity contribution in [3.05, 3.63) is 82.6 Å². The standard InChI is InChI=1S/C23H22N4O4S2/c1-15-21(27-13-14-32-23(27)25-15)22(29)18-5-7-19(8-6-18)26-33(30,31)20-9-3-17(4-10-20)11-12-24-16(2)28/h3-10,13-14,26H,11-12H2,1-2H3,(H,24,28). The zero-order chi connectivity index (χ0) is 23.6. The van der Waals surface area contributed by atoms with Gasteiger partial charge in [-0.2, -0.15) is 0 Å². The smallest absolute Gasteiger partial charge is 0.261 e. The molecule has 2 heterocycles. The van der Waals surface area contributed by atoms with E-state index >= 15 is 0 Å². The van der Waals surface area contributed by atoms with E-state index in [0.717, 1.165) is 10.5 Å². The van der Waals surface area contributed by atoms with Crippen molar-refractivity contribution in [1.29, 1.82) is 0 Å². The highest BCUT2D eigenvalue weighted by Crippen LogP contribution is 2.22. The normalized spacial score (nSPS) is 11.5. The van der Waals surface area contributed by atoms with E-state index in [1.165, 1.54) is 30.4 Å². The summed E-state index contributed by atoms with van der Waals surface area (Å²) in [4.78, 5) is 29.2. The number of benzene rings is 2. The molecular weight excluding hydrogens is 460 g/mol. The Morgan fingerprint density at radius 2 is 1.76 bits per heavy atom. The van der Waals surface area contributed by atoms with Crippen LogP contribution in [-0.4, -0.2) is 36.0 Å². The number of sulfonamides is 1. The lowest BCUT2D eigenvalue weighted by Gasteiger charge is -2.10. The summed E-state index contributed by atoms with van der Waals surface area (Å²) in [5.74, 6) is -0.283. The Bertz CT molecular complexity index is 1420. The summed E-state index contributed by atoms with van der Waals surface area (Å²) in [7, 11) is -3.79. The third-order valence-electron chi connectivity index (χ3n) is 5.07. The minimum Gasteiger partial charge on any atom is -0.356 e. The molecular formula is C23H22N4O4S2. The molecule has 0 fully saturated rings. The van der Waals surface area contributed by atoms with E-state index in [4.69, 9.17) is 0 Å². The summed E-state index contributed by atoms with van der Waals surface area (Å²) < 4.78 is 29.8. The minimum absolute atomic E-state index is 0.105. The molecule has 0 unspecified atom stereocenters. The number of aromatic nitrogens is 2. The Morgan fingerprint density at radius 3 is 2.42 bits per heavy atom. The number of nitrogens with zero attached hydrogens (tertiary/aromatic N) is 2. The van der Waals surface area contributed by atoms with Crippen LogP contribution in [0.3, 0.4) is 0 Å². The number of ketones is 1. The highest BCUT2D eigenvalue weighted by molar-refractivity contribution is 7.92. The van der Waals surface area contributed by atoms with Crippen LogP contribution in [0.2, 0.25) is 0 Å². The Balaban J connectivity index is 1.46. The lowest BCUT2D eigenvalue weighted by Crippen LogP contribution is -2.22. The highest BCUT2D eigenvalue weighted by atomic mass is 32.2. The summed E-state index contributed by atoms with van der Waals surface area (Å²) in [6.07, 6.45) is 2.41. The number of fused-ring (bicyclic) bond motifs is 1. The number of anilines is 1. The molecule has 4 rings (SSSR count). The van der Waals surface area contributed by atoms with Crippen LogP contribution < -0.4 is 10.0 Å². The van der Waals surface area contributed by atoms with Crippen LogP contribution in [0.15, 0.2) is 65.0 Å². The molecule has 170 valence electrons. The predicted molar refractivity (Wildman–Crippen MR) is 127 cm³/mol. The van der Waals surface area contributed by atoms with Crippen molar-refractivity contribution >= 4 is 43.7 Å². The van der Waals surface area contributed by atoms with E-state index < -0.39 is 10.0 Å². The number of hydrogen-bond acceptors (Lipinski definition) is 6. The Labute approximate surface area is 195 Å². The Morgan fingerprint density at radius 1 is 1.06 bits per heavy atom. The van der Waals surface area contributed by atoms with Gasteiger partial charge in [0.2, 0.25) is 11.7 Å². The van der Waals surface area contributed by atoms with Crippen molar-refractivity contribution < 1.29 is 18.0 Å². The van der Waals surface area contributed by atoms with Crippen molar-refractivity contribution in [2.24, 2.45) is 0 Å². The molecule has 0 radical (unpaired) electrons. The van der Waals surface area contributed by atoms with Crippen molar-refractivity contribution in [1.82, 2.24) is 14.7 Å². The summed E-state index contributed by atoms with van der Waals surface area (Å²) in [6.45, 7) is 3.73. The quantitative estimate of drug-likeness (QED) is 0.374. The van der Waals surface area contributed by atoms with Gasteiger partial charge < -0.3 is 5.32 Å². The molecule has 1 amide bonds. The van der Waals surface area contributed by atoms with E-state index in [1.54, 1.807) is 53.9 Å². The van der Waals surface area contributed by atoms with Crippen LogP contribution in [0, 0.1) is 6.92 Å².